The standard InChI is InChI=1S/C17H22N4O/c1-22-17-11-16(18-13-19-17)20-15-7-9-21(10-8-15)12-14-5-3-2-4-6-14/h2-6,11,13,15H,7-10,12H2,1H3,(H,18,19,20). The van der Waals surface area contributed by atoms with Crippen molar-refractivity contribution in [3.63, 3.8) is 0 Å². The average molecular weight is 298 g/mol. The van der Waals surface area contributed by atoms with Crippen molar-refractivity contribution in [2.75, 3.05) is 25.5 Å². The van der Waals surface area contributed by atoms with E-state index in [9.17, 15) is 0 Å². The first-order valence-electron chi connectivity index (χ1n) is 7.72. The molecule has 0 amide bonds. The van der Waals surface area contributed by atoms with Gasteiger partial charge in [0.25, 0.3) is 0 Å². The molecule has 0 aliphatic carbocycles. The number of benzene rings is 1. The number of methoxy groups -OCH3 is 1. The zero-order valence-corrected chi connectivity index (χ0v) is 12.9. The minimum absolute atomic E-state index is 0.464. The molecule has 1 aromatic heterocycles. The van der Waals surface area contributed by atoms with Crippen molar-refractivity contribution >= 4 is 5.82 Å². The van der Waals surface area contributed by atoms with E-state index in [0.717, 1.165) is 38.3 Å². The van der Waals surface area contributed by atoms with Crippen molar-refractivity contribution in [3.05, 3.63) is 48.3 Å². The van der Waals surface area contributed by atoms with E-state index in [-0.39, 0.29) is 0 Å². The fourth-order valence-corrected chi connectivity index (χ4v) is 2.82. The number of nitrogens with zero attached hydrogens (tertiary/aromatic N) is 3. The Kier molecular flexibility index (Phi) is 4.85. The Morgan fingerprint density at radius 3 is 2.68 bits per heavy atom. The summed E-state index contributed by atoms with van der Waals surface area (Å²) in [5.74, 6) is 1.44. The highest BCUT2D eigenvalue weighted by atomic mass is 16.5. The van der Waals surface area contributed by atoms with E-state index in [2.05, 4.69) is 50.5 Å². The van der Waals surface area contributed by atoms with Crippen LogP contribution in [0, 0.1) is 0 Å². The predicted molar refractivity (Wildman–Crippen MR) is 86.9 cm³/mol. The highest BCUT2D eigenvalue weighted by Gasteiger charge is 2.19. The molecule has 3 rings (SSSR count). The van der Waals surface area contributed by atoms with Crippen LogP contribution in [0.1, 0.15) is 18.4 Å². The number of piperidine rings is 1. The number of hydrogen-bond donors (Lipinski definition) is 1. The Labute approximate surface area is 131 Å². The highest BCUT2D eigenvalue weighted by Crippen LogP contribution is 2.18. The average Bonchev–Trinajstić information content (AvgIpc) is 2.58. The molecule has 2 heterocycles. The first-order chi connectivity index (χ1) is 10.8. The van der Waals surface area contributed by atoms with Crippen LogP contribution in [0.5, 0.6) is 5.88 Å². The summed E-state index contributed by atoms with van der Waals surface area (Å²) < 4.78 is 5.13. The summed E-state index contributed by atoms with van der Waals surface area (Å²) in [6.07, 6.45) is 3.78. The maximum absolute atomic E-state index is 5.13. The zero-order valence-electron chi connectivity index (χ0n) is 12.9. The first kappa shape index (κ1) is 14.8. The van der Waals surface area contributed by atoms with Gasteiger partial charge in [0.15, 0.2) is 0 Å². The molecule has 0 saturated carbocycles. The summed E-state index contributed by atoms with van der Waals surface area (Å²) in [7, 11) is 1.62. The molecule has 1 aliphatic heterocycles. The number of nitrogens with one attached hydrogen (secondary N) is 1. The van der Waals surface area contributed by atoms with Crippen molar-refractivity contribution in [1.29, 1.82) is 0 Å². The van der Waals surface area contributed by atoms with E-state index in [4.69, 9.17) is 4.74 Å². The second-order valence-corrected chi connectivity index (χ2v) is 5.63. The molecule has 5 nitrogen and oxygen atoms in total. The van der Waals surface area contributed by atoms with Gasteiger partial charge in [0, 0.05) is 31.7 Å². The van der Waals surface area contributed by atoms with Gasteiger partial charge in [-0.25, -0.2) is 9.97 Å². The molecule has 0 spiro atoms. The lowest BCUT2D eigenvalue weighted by Gasteiger charge is -2.32. The maximum atomic E-state index is 5.13. The number of hydrogen-bond acceptors (Lipinski definition) is 5. The van der Waals surface area contributed by atoms with Gasteiger partial charge in [-0.3, -0.25) is 4.90 Å². The second-order valence-electron chi connectivity index (χ2n) is 5.63. The van der Waals surface area contributed by atoms with Gasteiger partial charge in [-0.1, -0.05) is 30.3 Å². The lowest BCUT2D eigenvalue weighted by molar-refractivity contribution is 0.211. The summed E-state index contributed by atoms with van der Waals surface area (Å²) >= 11 is 0. The minimum Gasteiger partial charge on any atom is -0.481 e. The summed E-state index contributed by atoms with van der Waals surface area (Å²) in [6, 6.07) is 13.0. The lowest BCUT2D eigenvalue weighted by Crippen LogP contribution is -2.38. The molecular weight excluding hydrogens is 276 g/mol. The van der Waals surface area contributed by atoms with Crippen molar-refractivity contribution in [1.82, 2.24) is 14.9 Å². The SMILES string of the molecule is COc1cc(NC2CCN(Cc3ccccc3)CC2)ncn1. The molecule has 5 heteroatoms. The Morgan fingerprint density at radius 1 is 1.18 bits per heavy atom. The Hall–Kier alpha value is -2.14. The summed E-state index contributed by atoms with van der Waals surface area (Å²) in [5, 5.41) is 3.48. The van der Waals surface area contributed by atoms with Crippen molar-refractivity contribution < 1.29 is 4.74 Å². The van der Waals surface area contributed by atoms with Crippen LogP contribution in [-0.2, 0) is 6.54 Å². The fraction of sp³-hybridized carbons (Fsp3) is 0.412. The van der Waals surface area contributed by atoms with E-state index in [1.54, 1.807) is 7.11 Å². The van der Waals surface area contributed by atoms with Crippen LogP contribution in [0.3, 0.4) is 0 Å². The monoisotopic (exact) mass is 298 g/mol. The summed E-state index contributed by atoms with van der Waals surface area (Å²) in [4.78, 5) is 10.8. The highest BCUT2D eigenvalue weighted by molar-refractivity contribution is 5.38. The lowest BCUT2D eigenvalue weighted by atomic mass is 10.0. The Balaban J connectivity index is 1.49. The van der Waals surface area contributed by atoms with Gasteiger partial charge in [0.2, 0.25) is 5.88 Å². The molecule has 0 bridgehead atoms. The van der Waals surface area contributed by atoms with Gasteiger partial charge in [-0.2, -0.15) is 0 Å². The molecular formula is C17H22N4O. The summed E-state index contributed by atoms with van der Waals surface area (Å²) in [6.45, 7) is 3.25. The smallest absolute Gasteiger partial charge is 0.218 e. The number of aromatic nitrogens is 2. The van der Waals surface area contributed by atoms with Crippen LogP contribution in [-0.4, -0.2) is 41.1 Å². The molecule has 1 aromatic carbocycles. The van der Waals surface area contributed by atoms with Crippen LogP contribution < -0.4 is 10.1 Å². The molecule has 1 aliphatic rings. The van der Waals surface area contributed by atoms with Gasteiger partial charge < -0.3 is 10.1 Å². The van der Waals surface area contributed by atoms with Crippen molar-refractivity contribution in [3.8, 4) is 5.88 Å². The van der Waals surface area contributed by atoms with E-state index >= 15 is 0 Å². The molecule has 0 atom stereocenters. The number of anilines is 1. The van der Waals surface area contributed by atoms with Gasteiger partial charge in [0.1, 0.15) is 12.1 Å². The van der Waals surface area contributed by atoms with Crippen molar-refractivity contribution in [2.24, 2.45) is 0 Å². The first-order valence-corrected chi connectivity index (χ1v) is 7.72. The number of rotatable bonds is 5. The number of likely N-dealkylation sites (tertiary alicyclic amines) is 1. The predicted octanol–water partition coefficient (Wildman–Crippen LogP) is 2.56. The van der Waals surface area contributed by atoms with Crippen LogP contribution in [0.15, 0.2) is 42.7 Å². The molecule has 1 N–H and O–H groups in total. The third kappa shape index (κ3) is 3.95. The molecule has 1 saturated heterocycles. The second kappa shape index (κ2) is 7.22. The van der Waals surface area contributed by atoms with Crippen LogP contribution in [0.25, 0.3) is 0 Å². The molecule has 0 radical (unpaired) electrons. The molecule has 0 unspecified atom stereocenters. The summed E-state index contributed by atoms with van der Waals surface area (Å²) in [5.41, 5.74) is 1.38. The largest absolute Gasteiger partial charge is 0.481 e. The third-order valence-corrected chi connectivity index (χ3v) is 4.04. The van der Waals surface area contributed by atoms with E-state index in [1.807, 2.05) is 6.07 Å². The normalized spacial score (nSPS) is 16.4. The molecule has 2 aromatic rings. The van der Waals surface area contributed by atoms with Gasteiger partial charge in [-0.15, -0.1) is 0 Å². The molecule has 1 fully saturated rings. The van der Waals surface area contributed by atoms with Gasteiger partial charge in [-0.05, 0) is 18.4 Å². The van der Waals surface area contributed by atoms with E-state index in [1.165, 1.54) is 11.9 Å². The quantitative estimate of drug-likeness (QED) is 0.919. The van der Waals surface area contributed by atoms with Crippen molar-refractivity contribution in [2.45, 2.75) is 25.4 Å². The van der Waals surface area contributed by atoms with Crippen LogP contribution in [0.4, 0.5) is 5.82 Å². The maximum Gasteiger partial charge on any atom is 0.218 e. The minimum atomic E-state index is 0.464. The zero-order chi connectivity index (χ0) is 15.2. The Bertz CT molecular complexity index is 582. The Morgan fingerprint density at radius 2 is 1.95 bits per heavy atom. The third-order valence-electron chi connectivity index (χ3n) is 4.04. The molecule has 116 valence electrons. The van der Waals surface area contributed by atoms with Gasteiger partial charge in [0.05, 0.1) is 7.11 Å². The van der Waals surface area contributed by atoms with Crippen LogP contribution >= 0.6 is 0 Å². The van der Waals surface area contributed by atoms with Crippen LogP contribution in [0.2, 0.25) is 0 Å². The number of ether oxygens (including phenoxy) is 1. The topological polar surface area (TPSA) is 50.3 Å². The fourth-order valence-electron chi connectivity index (χ4n) is 2.82. The molecule has 22 heavy (non-hydrogen) atoms. The van der Waals surface area contributed by atoms with E-state index in [0.29, 0.717) is 11.9 Å². The van der Waals surface area contributed by atoms with E-state index < -0.39 is 0 Å². The van der Waals surface area contributed by atoms with Gasteiger partial charge >= 0.3 is 0 Å².